The lowest BCUT2D eigenvalue weighted by molar-refractivity contribution is -0.385. The Kier molecular flexibility index (Phi) is 6.39. The number of allylic oxidation sites excluding steroid dienone is 1. The highest BCUT2D eigenvalue weighted by atomic mass is 16.6. The molecule has 0 bridgehead atoms. The molecule has 7 nitrogen and oxygen atoms in total. The van der Waals surface area contributed by atoms with E-state index in [0.29, 0.717) is 5.56 Å². The van der Waals surface area contributed by atoms with Crippen LogP contribution in [0.3, 0.4) is 0 Å². The molecule has 29 heavy (non-hydrogen) atoms. The molecule has 0 heterocycles. The van der Waals surface area contributed by atoms with E-state index in [4.69, 9.17) is 9.47 Å². The van der Waals surface area contributed by atoms with E-state index in [0.717, 1.165) is 5.56 Å². The van der Waals surface area contributed by atoms with Crippen LogP contribution >= 0.6 is 0 Å². The SMILES string of the molecule is COc1cc(/C=C(\C#N)C(=O)c2ccc(C(C)(C)C)cc2)c([N+](=O)[O-])cc1OC. The molecule has 0 aliphatic rings. The van der Waals surface area contributed by atoms with E-state index in [1.165, 1.54) is 32.4 Å². The molecule has 2 aromatic rings. The number of hydrogen-bond donors (Lipinski definition) is 0. The van der Waals surface area contributed by atoms with Crippen molar-refractivity contribution >= 4 is 17.5 Å². The lowest BCUT2D eigenvalue weighted by Crippen LogP contribution is -2.11. The predicted octanol–water partition coefficient (Wildman–Crippen LogP) is 4.70. The molecule has 2 aromatic carbocycles. The zero-order valence-corrected chi connectivity index (χ0v) is 17.0. The van der Waals surface area contributed by atoms with E-state index >= 15 is 0 Å². The molecule has 0 aliphatic carbocycles. The normalized spacial score (nSPS) is 11.5. The third-order valence-electron chi connectivity index (χ3n) is 4.41. The van der Waals surface area contributed by atoms with Gasteiger partial charge in [0.2, 0.25) is 5.78 Å². The van der Waals surface area contributed by atoms with Crippen molar-refractivity contribution in [3.05, 3.63) is 68.8 Å². The Morgan fingerprint density at radius 2 is 1.66 bits per heavy atom. The van der Waals surface area contributed by atoms with Gasteiger partial charge in [-0.3, -0.25) is 14.9 Å². The van der Waals surface area contributed by atoms with Gasteiger partial charge >= 0.3 is 0 Å². The number of ether oxygens (including phenoxy) is 2. The van der Waals surface area contributed by atoms with Gasteiger partial charge in [0.25, 0.3) is 5.69 Å². The predicted molar refractivity (Wildman–Crippen MR) is 109 cm³/mol. The Morgan fingerprint density at radius 1 is 1.10 bits per heavy atom. The van der Waals surface area contributed by atoms with Crippen LogP contribution in [0.5, 0.6) is 11.5 Å². The molecule has 0 amide bonds. The van der Waals surface area contributed by atoms with Crippen molar-refractivity contribution in [3.63, 3.8) is 0 Å². The van der Waals surface area contributed by atoms with Crippen molar-refractivity contribution in [1.82, 2.24) is 0 Å². The number of Topliss-reactive ketones (excluding diaryl/α,β-unsaturated/α-hetero) is 1. The number of carbonyl (C=O) groups is 1. The minimum atomic E-state index is -0.606. The van der Waals surface area contributed by atoms with E-state index in [1.54, 1.807) is 12.1 Å². The van der Waals surface area contributed by atoms with Crippen LogP contribution in [0, 0.1) is 21.4 Å². The zero-order valence-electron chi connectivity index (χ0n) is 17.0. The second-order valence-corrected chi connectivity index (χ2v) is 7.35. The lowest BCUT2D eigenvalue weighted by Gasteiger charge is -2.18. The van der Waals surface area contributed by atoms with E-state index in [9.17, 15) is 20.2 Å². The summed E-state index contributed by atoms with van der Waals surface area (Å²) in [5, 5.41) is 20.9. The number of nitriles is 1. The molecule has 0 radical (unpaired) electrons. The maximum absolute atomic E-state index is 12.8. The van der Waals surface area contributed by atoms with Gasteiger partial charge in [0.15, 0.2) is 11.5 Å². The monoisotopic (exact) mass is 394 g/mol. The first kappa shape index (κ1) is 21.6. The molecule has 0 saturated carbocycles. The van der Waals surface area contributed by atoms with Crippen molar-refractivity contribution in [2.75, 3.05) is 14.2 Å². The van der Waals surface area contributed by atoms with E-state index < -0.39 is 10.7 Å². The Hall–Kier alpha value is -3.66. The smallest absolute Gasteiger partial charge is 0.280 e. The van der Waals surface area contributed by atoms with Gasteiger partial charge in [-0.15, -0.1) is 0 Å². The van der Waals surface area contributed by atoms with Gasteiger partial charge in [0, 0.05) is 5.56 Å². The summed E-state index contributed by atoms with van der Waals surface area (Å²) in [6, 6.07) is 11.4. The Labute approximate surface area is 169 Å². The largest absolute Gasteiger partial charge is 0.493 e. The second kappa shape index (κ2) is 8.57. The van der Waals surface area contributed by atoms with E-state index in [1.807, 2.05) is 18.2 Å². The molecule has 0 N–H and O–H groups in total. The van der Waals surface area contributed by atoms with Crippen molar-refractivity contribution in [2.24, 2.45) is 0 Å². The van der Waals surface area contributed by atoms with Crippen LogP contribution in [-0.4, -0.2) is 24.9 Å². The highest BCUT2D eigenvalue weighted by Gasteiger charge is 2.21. The number of hydrogen-bond acceptors (Lipinski definition) is 6. The third kappa shape index (κ3) is 4.79. The minimum absolute atomic E-state index is 0.0730. The second-order valence-electron chi connectivity index (χ2n) is 7.35. The maximum atomic E-state index is 12.8. The molecule has 150 valence electrons. The zero-order chi connectivity index (χ0) is 21.8. The molecule has 0 spiro atoms. The van der Waals surface area contributed by atoms with Gasteiger partial charge in [-0.05, 0) is 23.1 Å². The van der Waals surface area contributed by atoms with Crippen LogP contribution in [0.4, 0.5) is 5.69 Å². The van der Waals surface area contributed by atoms with Gasteiger partial charge in [0.1, 0.15) is 11.6 Å². The van der Waals surface area contributed by atoms with E-state index in [2.05, 4.69) is 20.8 Å². The van der Waals surface area contributed by atoms with Gasteiger partial charge in [-0.1, -0.05) is 45.0 Å². The topological polar surface area (TPSA) is 102 Å². The van der Waals surface area contributed by atoms with Crippen LogP contribution in [0.25, 0.3) is 6.08 Å². The van der Waals surface area contributed by atoms with Crippen LogP contribution in [0.2, 0.25) is 0 Å². The Bertz CT molecular complexity index is 1010. The van der Waals surface area contributed by atoms with Crippen molar-refractivity contribution in [3.8, 4) is 17.6 Å². The number of benzene rings is 2. The van der Waals surface area contributed by atoms with Crippen LogP contribution in [0.15, 0.2) is 42.0 Å². The average Bonchev–Trinajstić information content (AvgIpc) is 2.70. The summed E-state index contributed by atoms with van der Waals surface area (Å²) in [5.41, 5.74) is 0.857. The first-order valence-corrected chi connectivity index (χ1v) is 8.79. The number of rotatable bonds is 6. The highest BCUT2D eigenvalue weighted by molar-refractivity contribution is 6.14. The number of nitro groups is 1. The van der Waals surface area contributed by atoms with Gasteiger partial charge < -0.3 is 9.47 Å². The summed E-state index contributed by atoms with van der Waals surface area (Å²) in [4.78, 5) is 23.6. The summed E-state index contributed by atoms with van der Waals surface area (Å²) >= 11 is 0. The van der Waals surface area contributed by atoms with Crippen LogP contribution in [-0.2, 0) is 5.41 Å². The lowest BCUT2D eigenvalue weighted by atomic mass is 9.86. The molecule has 0 unspecified atom stereocenters. The number of ketones is 1. The van der Waals surface area contributed by atoms with Gasteiger partial charge in [0.05, 0.1) is 30.8 Å². The average molecular weight is 394 g/mol. The van der Waals surface area contributed by atoms with E-state index in [-0.39, 0.29) is 33.7 Å². The molecule has 2 rings (SSSR count). The minimum Gasteiger partial charge on any atom is -0.493 e. The molecule has 0 fully saturated rings. The van der Waals surface area contributed by atoms with Gasteiger partial charge in [-0.25, -0.2) is 0 Å². The molecule has 0 atom stereocenters. The summed E-state index contributed by atoms with van der Waals surface area (Å²) < 4.78 is 10.3. The summed E-state index contributed by atoms with van der Waals surface area (Å²) in [5.74, 6) is -0.0837. The summed E-state index contributed by atoms with van der Waals surface area (Å²) in [6.45, 7) is 6.17. The molecule has 0 aliphatic heterocycles. The molecule has 0 saturated heterocycles. The molecule has 7 heteroatoms. The van der Waals surface area contributed by atoms with Crippen molar-refractivity contribution in [1.29, 1.82) is 5.26 Å². The highest BCUT2D eigenvalue weighted by Crippen LogP contribution is 2.35. The standard InChI is InChI=1S/C22H22N2O5/c1-22(2,3)17-8-6-14(7-9-17)21(25)16(13-23)10-15-11-19(28-4)20(29-5)12-18(15)24(26)27/h6-12H,1-5H3/b16-10+. The molecule has 0 aromatic heterocycles. The third-order valence-corrected chi connectivity index (χ3v) is 4.41. The fourth-order valence-electron chi connectivity index (χ4n) is 2.74. The first-order valence-electron chi connectivity index (χ1n) is 8.79. The molecular formula is C22H22N2O5. The van der Waals surface area contributed by atoms with Crippen LogP contribution in [0.1, 0.15) is 42.3 Å². The first-order chi connectivity index (χ1) is 13.6. The Balaban J connectivity index is 2.52. The number of methoxy groups -OCH3 is 2. The Morgan fingerprint density at radius 3 is 2.10 bits per heavy atom. The van der Waals surface area contributed by atoms with Crippen molar-refractivity contribution in [2.45, 2.75) is 26.2 Å². The van der Waals surface area contributed by atoms with Gasteiger partial charge in [-0.2, -0.15) is 5.26 Å². The quantitative estimate of drug-likeness (QED) is 0.231. The van der Waals surface area contributed by atoms with Crippen molar-refractivity contribution < 1.29 is 19.2 Å². The summed E-state index contributed by atoms with van der Waals surface area (Å²) in [7, 11) is 2.76. The number of nitrogens with zero attached hydrogens (tertiary/aromatic N) is 2. The summed E-state index contributed by atoms with van der Waals surface area (Å²) in [6.07, 6.45) is 1.19. The number of carbonyl (C=O) groups excluding carboxylic acids is 1. The fraction of sp³-hybridized carbons (Fsp3) is 0.273. The molecular weight excluding hydrogens is 372 g/mol. The van der Waals surface area contributed by atoms with Crippen LogP contribution < -0.4 is 9.47 Å². The fourth-order valence-corrected chi connectivity index (χ4v) is 2.74. The number of nitro benzene ring substituents is 1. The maximum Gasteiger partial charge on any atom is 0.280 e.